The Balaban J connectivity index is 3.85. The number of hydrogen-bond donors (Lipinski definition) is 0. The quantitative estimate of drug-likeness (QED) is 0.380. The van der Waals surface area contributed by atoms with Crippen LogP contribution in [0.15, 0.2) is 4.76 Å². The Hall–Kier alpha value is -0.100. The topological polar surface area (TPSA) is 15.6 Å². The predicted molar refractivity (Wildman–Crippen MR) is 64.1 cm³/mol. The van der Waals surface area contributed by atoms with Gasteiger partial charge in [0.15, 0.2) is 0 Å². The van der Waals surface area contributed by atoms with E-state index in [0.717, 1.165) is 20.9 Å². The van der Waals surface area contributed by atoms with Crippen molar-refractivity contribution in [3.8, 4) is 0 Å². The molecule has 78 valence electrons. The summed E-state index contributed by atoms with van der Waals surface area (Å²) in [7, 11) is 2.84. The van der Waals surface area contributed by atoms with Crippen LogP contribution in [-0.2, 0) is 0 Å². The van der Waals surface area contributed by atoms with Gasteiger partial charge in [0, 0.05) is 22.3 Å². The highest BCUT2D eigenvalue weighted by Crippen LogP contribution is 2.22. The molecule has 0 saturated heterocycles. The Morgan fingerprint density at radius 2 is 2.08 bits per heavy atom. The summed E-state index contributed by atoms with van der Waals surface area (Å²) in [6.07, 6.45) is 2.42. The molecule has 0 aliphatic carbocycles. The second kappa shape index (κ2) is 7.32. The molecule has 0 fully saturated rings. The van der Waals surface area contributed by atoms with Gasteiger partial charge < -0.3 is 4.90 Å². The molecule has 0 rings (SSSR count). The Labute approximate surface area is 84.6 Å². The smallest absolute Gasteiger partial charge is 0.0993 e. The van der Waals surface area contributed by atoms with Gasteiger partial charge in [0.1, 0.15) is 0 Å². The normalized spacial score (nSPS) is 15.3. The molecule has 2 unspecified atom stereocenters. The zero-order chi connectivity index (χ0) is 10.3. The van der Waals surface area contributed by atoms with Gasteiger partial charge in [-0.15, -0.1) is 0 Å². The van der Waals surface area contributed by atoms with Gasteiger partial charge in [0.05, 0.1) is 5.84 Å². The maximum atomic E-state index is 4.58. The van der Waals surface area contributed by atoms with Crippen LogP contribution in [0.2, 0.25) is 0 Å². The van der Waals surface area contributed by atoms with E-state index in [1.165, 1.54) is 18.7 Å². The van der Waals surface area contributed by atoms with Crippen molar-refractivity contribution in [1.82, 2.24) is 4.90 Å². The van der Waals surface area contributed by atoms with E-state index in [1.807, 2.05) is 0 Å². The van der Waals surface area contributed by atoms with Crippen molar-refractivity contribution in [2.75, 3.05) is 13.6 Å². The van der Waals surface area contributed by atoms with E-state index in [4.69, 9.17) is 0 Å². The lowest BCUT2D eigenvalue weighted by atomic mass is 10.4. The summed E-state index contributed by atoms with van der Waals surface area (Å²) in [5.74, 6) is 1.18. The van der Waals surface area contributed by atoms with Crippen molar-refractivity contribution >= 4 is 14.6 Å². The van der Waals surface area contributed by atoms with E-state index in [9.17, 15) is 0 Å². The first-order valence-electron chi connectivity index (χ1n) is 5.12. The zero-order valence-electron chi connectivity index (χ0n) is 9.59. The van der Waals surface area contributed by atoms with Gasteiger partial charge >= 0.3 is 0 Å². The molecular formula is C10H23N2P. The summed E-state index contributed by atoms with van der Waals surface area (Å²) >= 11 is 0. The van der Waals surface area contributed by atoms with E-state index >= 15 is 0 Å². The summed E-state index contributed by atoms with van der Waals surface area (Å²) in [4.78, 5) is 2.23. The van der Waals surface area contributed by atoms with Gasteiger partial charge in [-0.05, 0) is 25.4 Å². The molecule has 0 aromatic rings. The molecule has 0 amide bonds. The van der Waals surface area contributed by atoms with Crippen molar-refractivity contribution < 1.29 is 0 Å². The average molecular weight is 202 g/mol. The fourth-order valence-corrected chi connectivity index (χ4v) is 1.64. The van der Waals surface area contributed by atoms with Crippen LogP contribution in [0.1, 0.15) is 40.5 Å². The Bertz CT molecular complexity index is 157. The van der Waals surface area contributed by atoms with Crippen molar-refractivity contribution in [1.29, 1.82) is 0 Å². The standard InChI is InChI=1S/C10H23N2P/c1-6-8-12(5)10(4)11-13-9(3)7-2/h9,13H,6-8H2,1-5H3. The van der Waals surface area contributed by atoms with E-state index in [-0.39, 0.29) is 0 Å². The van der Waals surface area contributed by atoms with Gasteiger partial charge in [-0.3, -0.25) is 4.76 Å². The first kappa shape index (κ1) is 12.9. The molecule has 0 radical (unpaired) electrons. The molecule has 2 nitrogen and oxygen atoms in total. The highest BCUT2D eigenvalue weighted by molar-refractivity contribution is 7.37. The van der Waals surface area contributed by atoms with Gasteiger partial charge in [0.2, 0.25) is 0 Å². The lowest BCUT2D eigenvalue weighted by Crippen LogP contribution is -2.24. The van der Waals surface area contributed by atoms with Crippen LogP contribution in [0.25, 0.3) is 0 Å². The summed E-state index contributed by atoms with van der Waals surface area (Å²) in [6, 6.07) is 0. The average Bonchev–Trinajstić information content (AvgIpc) is 2.13. The number of nitrogens with zero attached hydrogens (tertiary/aromatic N) is 2. The van der Waals surface area contributed by atoms with E-state index < -0.39 is 0 Å². The third-order valence-corrected chi connectivity index (χ3v) is 3.47. The minimum Gasteiger partial charge on any atom is -0.363 e. The van der Waals surface area contributed by atoms with E-state index in [2.05, 4.69) is 44.4 Å². The summed E-state index contributed by atoms with van der Waals surface area (Å²) in [6.45, 7) is 9.89. The lowest BCUT2D eigenvalue weighted by molar-refractivity contribution is 0.499. The molecule has 0 aromatic carbocycles. The van der Waals surface area contributed by atoms with Crippen molar-refractivity contribution in [3.63, 3.8) is 0 Å². The number of rotatable bonds is 5. The second-order valence-electron chi connectivity index (χ2n) is 3.52. The van der Waals surface area contributed by atoms with Gasteiger partial charge in [0.25, 0.3) is 0 Å². The van der Waals surface area contributed by atoms with Crippen LogP contribution >= 0.6 is 8.73 Å². The molecule has 0 aliphatic heterocycles. The maximum absolute atomic E-state index is 4.58. The Kier molecular flexibility index (Phi) is 7.26. The SMILES string of the molecule is CCCN(C)C(C)=NPC(C)CC. The Morgan fingerprint density at radius 3 is 2.54 bits per heavy atom. The molecule has 0 saturated carbocycles. The second-order valence-corrected chi connectivity index (χ2v) is 4.99. The van der Waals surface area contributed by atoms with Crippen LogP contribution in [0.5, 0.6) is 0 Å². The monoisotopic (exact) mass is 202 g/mol. The first-order valence-corrected chi connectivity index (χ1v) is 6.15. The van der Waals surface area contributed by atoms with E-state index in [0.29, 0.717) is 0 Å². The molecule has 0 aliphatic rings. The summed E-state index contributed by atoms with van der Waals surface area (Å²) in [5.41, 5.74) is 0.741. The third kappa shape index (κ3) is 6.04. The van der Waals surface area contributed by atoms with Crippen LogP contribution in [0, 0.1) is 0 Å². The van der Waals surface area contributed by atoms with Crippen molar-refractivity contribution in [2.24, 2.45) is 4.76 Å². The first-order chi connectivity index (χ1) is 6.11. The van der Waals surface area contributed by atoms with Gasteiger partial charge in [-0.2, -0.15) is 0 Å². The highest BCUT2D eigenvalue weighted by Gasteiger charge is 2.00. The molecule has 0 bridgehead atoms. The summed E-state index contributed by atoms with van der Waals surface area (Å²) < 4.78 is 4.58. The number of amidine groups is 1. The molecule has 2 atom stereocenters. The molecule has 0 aromatic heterocycles. The van der Waals surface area contributed by atoms with Gasteiger partial charge in [-0.25, -0.2) is 0 Å². The minimum absolute atomic E-state index is 0.730. The molecule has 3 heteroatoms. The van der Waals surface area contributed by atoms with Crippen LogP contribution in [-0.4, -0.2) is 30.0 Å². The Morgan fingerprint density at radius 1 is 1.46 bits per heavy atom. The highest BCUT2D eigenvalue weighted by atomic mass is 31.1. The molecule has 0 heterocycles. The van der Waals surface area contributed by atoms with E-state index in [1.54, 1.807) is 0 Å². The fraction of sp³-hybridized carbons (Fsp3) is 0.900. The fourth-order valence-electron chi connectivity index (χ4n) is 0.877. The summed E-state index contributed by atoms with van der Waals surface area (Å²) in [5, 5.41) is 0. The third-order valence-electron chi connectivity index (χ3n) is 2.17. The minimum atomic E-state index is 0.730. The lowest BCUT2D eigenvalue weighted by Gasteiger charge is -2.18. The molecule has 0 spiro atoms. The van der Waals surface area contributed by atoms with Crippen LogP contribution in [0.4, 0.5) is 0 Å². The van der Waals surface area contributed by atoms with Crippen molar-refractivity contribution in [2.45, 2.75) is 46.2 Å². The zero-order valence-corrected chi connectivity index (χ0v) is 10.6. The van der Waals surface area contributed by atoms with Gasteiger partial charge in [-0.1, -0.05) is 20.8 Å². The number of hydrogen-bond acceptors (Lipinski definition) is 1. The predicted octanol–water partition coefficient (Wildman–Crippen LogP) is 3.14. The maximum Gasteiger partial charge on any atom is 0.0993 e. The molecule has 13 heavy (non-hydrogen) atoms. The molecular weight excluding hydrogens is 179 g/mol. The van der Waals surface area contributed by atoms with Crippen molar-refractivity contribution in [3.05, 3.63) is 0 Å². The largest absolute Gasteiger partial charge is 0.363 e. The molecule has 0 N–H and O–H groups in total. The van der Waals surface area contributed by atoms with Crippen LogP contribution < -0.4 is 0 Å². The van der Waals surface area contributed by atoms with Crippen LogP contribution in [0.3, 0.4) is 0 Å².